The summed E-state index contributed by atoms with van der Waals surface area (Å²) in [5.74, 6) is -1.99. The van der Waals surface area contributed by atoms with Gasteiger partial charge in [0.05, 0.1) is 4.90 Å². The molecule has 126 valence electrons. The molecule has 3 N–H and O–H groups in total. The van der Waals surface area contributed by atoms with Gasteiger partial charge < -0.3 is 10.4 Å². The van der Waals surface area contributed by atoms with E-state index >= 15 is 0 Å². The van der Waals surface area contributed by atoms with Gasteiger partial charge >= 0.3 is 5.97 Å². The van der Waals surface area contributed by atoms with Gasteiger partial charge in [0, 0.05) is 11.6 Å². The van der Waals surface area contributed by atoms with Gasteiger partial charge in [-0.25, -0.2) is 8.42 Å². The maximum absolute atomic E-state index is 12.4. The van der Waals surface area contributed by atoms with Gasteiger partial charge in [0.2, 0.25) is 10.0 Å². The number of amides is 1. The van der Waals surface area contributed by atoms with Crippen molar-refractivity contribution in [2.24, 2.45) is 5.92 Å². The van der Waals surface area contributed by atoms with E-state index in [9.17, 15) is 18.0 Å². The molecule has 0 saturated heterocycles. The minimum atomic E-state index is -4.03. The number of carbonyl (C=O) groups excluding carboxylic acids is 1. The molecular weight excluding hydrogens is 320 g/mol. The van der Waals surface area contributed by atoms with Crippen LogP contribution >= 0.6 is 0 Å². The highest BCUT2D eigenvalue weighted by molar-refractivity contribution is 7.89. The monoisotopic (exact) mass is 340 g/mol. The van der Waals surface area contributed by atoms with Crippen molar-refractivity contribution in [2.75, 3.05) is 0 Å². The van der Waals surface area contributed by atoms with Gasteiger partial charge in [-0.3, -0.25) is 9.59 Å². The molecule has 1 aliphatic carbocycles. The van der Waals surface area contributed by atoms with Crippen LogP contribution in [0, 0.1) is 5.92 Å². The van der Waals surface area contributed by atoms with Crippen LogP contribution < -0.4 is 10.0 Å². The lowest BCUT2D eigenvalue weighted by molar-refractivity contribution is -0.140. The maximum atomic E-state index is 12.4. The van der Waals surface area contributed by atoms with Crippen LogP contribution in [0.4, 0.5) is 0 Å². The molecule has 8 heteroatoms. The molecule has 0 aliphatic heterocycles. The molecule has 0 spiro atoms. The summed E-state index contributed by atoms with van der Waals surface area (Å²) in [6.07, 6.45) is 1.86. The van der Waals surface area contributed by atoms with Crippen molar-refractivity contribution >= 4 is 21.9 Å². The zero-order valence-electron chi connectivity index (χ0n) is 12.9. The second kappa shape index (κ2) is 6.67. The zero-order chi connectivity index (χ0) is 17.2. The first kappa shape index (κ1) is 17.4. The van der Waals surface area contributed by atoms with Crippen molar-refractivity contribution in [3.8, 4) is 0 Å². The van der Waals surface area contributed by atoms with E-state index in [1.807, 2.05) is 0 Å². The normalized spacial score (nSPS) is 16.1. The highest BCUT2D eigenvalue weighted by atomic mass is 32.2. The van der Waals surface area contributed by atoms with Crippen molar-refractivity contribution in [3.63, 3.8) is 0 Å². The van der Waals surface area contributed by atoms with Crippen molar-refractivity contribution in [3.05, 3.63) is 29.8 Å². The summed E-state index contributed by atoms with van der Waals surface area (Å²) >= 11 is 0. The minimum Gasteiger partial charge on any atom is -0.480 e. The Morgan fingerprint density at radius 1 is 1.26 bits per heavy atom. The van der Waals surface area contributed by atoms with E-state index in [2.05, 4.69) is 10.0 Å². The van der Waals surface area contributed by atoms with Gasteiger partial charge in [-0.15, -0.1) is 0 Å². The third-order valence-electron chi connectivity index (χ3n) is 3.53. The van der Waals surface area contributed by atoms with Crippen LogP contribution in [-0.2, 0) is 14.8 Å². The van der Waals surface area contributed by atoms with Crippen molar-refractivity contribution in [1.82, 2.24) is 10.0 Å². The molecule has 1 aromatic carbocycles. The molecule has 23 heavy (non-hydrogen) atoms. The van der Waals surface area contributed by atoms with Crippen LogP contribution in [0.1, 0.15) is 37.0 Å². The molecule has 0 aromatic heterocycles. The van der Waals surface area contributed by atoms with Crippen molar-refractivity contribution in [1.29, 1.82) is 0 Å². The average molecular weight is 340 g/mol. The summed E-state index contributed by atoms with van der Waals surface area (Å²) in [6.45, 7) is 3.22. The Labute approximate surface area is 135 Å². The molecule has 1 atom stereocenters. The Kier molecular flexibility index (Phi) is 5.06. The number of hydrogen-bond donors (Lipinski definition) is 3. The molecule has 1 aromatic rings. The lowest BCUT2D eigenvalue weighted by atomic mass is 10.1. The number of carboxylic acids is 1. The summed E-state index contributed by atoms with van der Waals surface area (Å²) in [6, 6.07) is 4.49. The quantitative estimate of drug-likeness (QED) is 0.684. The van der Waals surface area contributed by atoms with Crippen LogP contribution in [0.2, 0.25) is 0 Å². The van der Waals surface area contributed by atoms with E-state index in [4.69, 9.17) is 5.11 Å². The van der Waals surface area contributed by atoms with Gasteiger partial charge in [0.1, 0.15) is 6.04 Å². The molecule has 1 fully saturated rings. The van der Waals surface area contributed by atoms with Crippen LogP contribution in [0.15, 0.2) is 29.2 Å². The number of aliphatic carboxylic acids is 1. The van der Waals surface area contributed by atoms with E-state index in [-0.39, 0.29) is 22.4 Å². The van der Waals surface area contributed by atoms with E-state index in [0.29, 0.717) is 0 Å². The number of sulfonamides is 1. The van der Waals surface area contributed by atoms with Crippen LogP contribution in [0.25, 0.3) is 0 Å². The van der Waals surface area contributed by atoms with E-state index in [1.165, 1.54) is 24.3 Å². The van der Waals surface area contributed by atoms with Crippen LogP contribution in [-0.4, -0.2) is 37.5 Å². The summed E-state index contributed by atoms with van der Waals surface area (Å²) in [4.78, 5) is 23.0. The molecule has 1 amide bonds. The number of rotatable bonds is 7. The molecule has 1 aliphatic rings. The van der Waals surface area contributed by atoms with E-state index < -0.39 is 28.0 Å². The van der Waals surface area contributed by atoms with Crippen molar-refractivity contribution in [2.45, 2.75) is 43.7 Å². The third-order valence-corrected chi connectivity index (χ3v) is 4.97. The highest BCUT2D eigenvalue weighted by Gasteiger charge is 2.29. The van der Waals surface area contributed by atoms with Gasteiger partial charge in [0.25, 0.3) is 5.91 Å². The fraction of sp³-hybridized carbons (Fsp3) is 0.467. The summed E-state index contributed by atoms with van der Waals surface area (Å²) in [7, 11) is -4.03. The Morgan fingerprint density at radius 3 is 2.43 bits per heavy atom. The highest BCUT2D eigenvalue weighted by Crippen LogP contribution is 2.20. The number of carbonyl (C=O) groups is 2. The van der Waals surface area contributed by atoms with Gasteiger partial charge in [-0.1, -0.05) is 19.9 Å². The smallest absolute Gasteiger partial charge is 0.322 e. The molecule has 0 unspecified atom stereocenters. The zero-order valence-corrected chi connectivity index (χ0v) is 13.8. The average Bonchev–Trinajstić information content (AvgIpc) is 3.28. The Bertz CT molecular complexity index is 710. The summed E-state index contributed by atoms with van der Waals surface area (Å²) in [5.41, 5.74) is 0.233. The van der Waals surface area contributed by atoms with Gasteiger partial charge in [-0.05, 0) is 37.0 Å². The first-order valence-corrected chi connectivity index (χ1v) is 8.85. The standard InChI is InChI=1S/C15H20N2O5S/c1-9(2)13(15(19)20)17-23(21,22)12-5-3-4-10(8-12)14(18)16-11-6-7-11/h3-5,8-9,11,13,17H,6-7H2,1-2H3,(H,16,18)(H,19,20)/t13-/m0/s1. The lowest BCUT2D eigenvalue weighted by Gasteiger charge is -2.18. The van der Waals surface area contributed by atoms with Crippen LogP contribution in [0.5, 0.6) is 0 Å². The molecule has 0 heterocycles. The molecule has 0 radical (unpaired) electrons. The van der Waals surface area contributed by atoms with Gasteiger partial charge in [-0.2, -0.15) is 4.72 Å². The Morgan fingerprint density at radius 2 is 1.91 bits per heavy atom. The van der Waals surface area contributed by atoms with E-state index in [1.54, 1.807) is 13.8 Å². The Balaban J connectivity index is 2.21. The molecule has 0 bridgehead atoms. The predicted molar refractivity (Wildman–Crippen MR) is 83.5 cm³/mol. The minimum absolute atomic E-state index is 0.132. The SMILES string of the molecule is CC(C)[C@H](NS(=O)(=O)c1cccc(C(=O)NC2CC2)c1)C(=O)O. The fourth-order valence-electron chi connectivity index (χ4n) is 2.01. The molecule has 1 saturated carbocycles. The maximum Gasteiger partial charge on any atom is 0.322 e. The van der Waals surface area contributed by atoms with Gasteiger partial charge in [0.15, 0.2) is 0 Å². The molecule has 7 nitrogen and oxygen atoms in total. The third kappa shape index (κ3) is 4.52. The predicted octanol–water partition coefficient (Wildman–Crippen LogP) is 0.966. The number of benzene rings is 1. The fourth-order valence-corrected chi connectivity index (χ4v) is 3.39. The second-order valence-electron chi connectivity index (χ2n) is 5.96. The van der Waals surface area contributed by atoms with E-state index in [0.717, 1.165) is 12.8 Å². The summed E-state index contributed by atoms with van der Waals surface area (Å²) in [5, 5.41) is 11.9. The summed E-state index contributed by atoms with van der Waals surface area (Å²) < 4.78 is 26.9. The number of carboxylic acid groups (broad SMARTS) is 1. The number of nitrogens with one attached hydrogen (secondary N) is 2. The topological polar surface area (TPSA) is 113 Å². The largest absolute Gasteiger partial charge is 0.480 e. The first-order valence-electron chi connectivity index (χ1n) is 7.37. The molecular formula is C15H20N2O5S. The second-order valence-corrected chi connectivity index (χ2v) is 7.67. The molecule has 2 rings (SSSR count). The van der Waals surface area contributed by atoms with Crippen LogP contribution in [0.3, 0.4) is 0 Å². The van der Waals surface area contributed by atoms with Crippen molar-refractivity contribution < 1.29 is 23.1 Å². The first-order chi connectivity index (χ1) is 10.7. The lowest BCUT2D eigenvalue weighted by Crippen LogP contribution is -2.44. The Hall–Kier alpha value is -1.93. The number of hydrogen-bond acceptors (Lipinski definition) is 4.